The van der Waals surface area contributed by atoms with Gasteiger partial charge in [0.05, 0.1) is 0 Å². The van der Waals surface area contributed by atoms with E-state index in [2.05, 4.69) is 54.5 Å². The van der Waals surface area contributed by atoms with Crippen molar-refractivity contribution >= 4 is 0 Å². The van der Waals surface area contributed by atoms with Gasteiger partial charge < -0.3 is 0 Å². The quantitative estimate of drug-likeness (QED) is 0.550. The van der Waals surface area contributed by atoms with E-state index in [0.717, 1.165) is 0 Å². The molecule has 0 amide bonds. The predicted molar refractivity (Wildman–Crippen MR) is 61.9 cm³/mol. The second-order valence-corrected chi connectivity index (χ2v) is 6.21. The molecule has 0 heteroatoms. The van der Waals surface area contributed by atoms with Gasteiger partial charge in [-0.3, -0.25) is 0 Å². The first-order valence-electron chi connectivity index (χ1n) is 5.28. The minimum Gasteiger partial charge on any atom is -0.0887 e. The maximum atomic E-state index is 2.37. The van der Waals surface area contributed by atoms with Gasteiger partial charge in [0.15, 0.2) is 0 Å². The highest BCUT2D eigenvalue weighted by Gasteiger charge is 2.25. The van der Waals surface area contributed by atoms with Crippen LogP contribution in [-0.2, 0) is 0 Å². The molecule has 0 heterocycles. The maximum Gasteiger partial charge on any atom is -0.0271 e. The van der Waals surface area contributed by atoms with Crippen LogP contribution >= 0.6 is 0 Å². The molecular weight excluding hydrogens is 156 g/mol. The van der Waals surface area contributed by atoms with E-state index in [1.54, 1.807) is 0 Å². The number of allylic oxidation sites excluding steroid dienone is 2. The molecule has 0 bridgehead atoms. The normalized spacial score (nSPS) is 14.8. The number of rotatable bonds is 3. The molecule has 0 N–H and O–H groups in total. The first kappa shape index (κ1) is 12.7. The fraction of sp³-hybridized carbons (Fsp3) is 0.846. The lowest BCUT2D eigenvalue weighted by molar-refractivity contribution is 0.211. The van der Waals surface area contributed by atoms with Crippen LogP contribution in [0.15, 0.2) is 11.6 Å². The SMILES string of the molecule is CC=C(C)CC(C)(C)CC(C)(C)C. The molecule has 0 aromatic carbocycles. The van der Waals surface area contributed by atoms with Crippen LogP contribution in [-0.4, -0.2) is 0 Å². The van der Waals surface area contributed by atoms with Gasteiger partial charge in [-0.1, -0.05) is 46.3 Å². The van der Waals surface area contributed by atoms with Gasteiger partial charge in [-0.2, -0.15) is 0 Å². The molecule has 0 nitrogen and oxygen atoms in total. The van der Waals surface area contributed by atoms with Crippen molar-refractivity contribution in [3.8, 4) is 0 Å². The van der Waals surface area contributed by atoms with Gasteiger partial charge in [-0.25, -0.2) is 0 Å². The lowest BCUT2D eigenvalue weighted by atomic mass is 9.73. The van der Waals surface area contributed by atoms with Crippen molar-refractivity contribution in [3.63, 3.8) is 0 Å². The summed E-state index contributed by atoms with van der Waals surface area (Å²) in [4.78, 5) is 0. The molecule has 0 aliphatic rings. The van der Waals surface area contributed by atoms with E-state index >= 15 is 0 Å². The Labute approximate surface area is 84.4 Å². The van der Waals surface area contributed by atoms with E-state index < -0.39 is 0 Å². The van der Waals surface area contributed by atoms with Crippen LogP contribution in [0.25, 0.3) is 0 Å². The van der Waals surface area contributed by atoms with Gasteiger partial charge in [-0.15, -0.1) is 0 Å². The summed E-state index contributed by atoms with van der Waals surface area (Å²) in [6.45, 7) is 16.0. The number of hydrogen-bond acceptors (Lipinski definition) is 0. The Bertz CT molecular complexity index is 177. The standard InChI is InChI=1S/C13H26/c1-8-11(2)9-13(6,7)10-12(3,4)5/h8H,9-10H2,1-7H3. The molecule has 0 atom stereocenters. The molecule has 0 spiro atoms. The highest BCUT2D eigenvalue weighted by molar-refractivity contribution is 5.00. The molecule has 0 saturated heterocycles. The Morgan fingerprint density at radius 1 is 1.08 bits per heavy atom. The Morgan fingerprint density at radius 3 is 1.85 bits per heavy atom. The molecule has 0 aromatic heterocycles. The third-order valence-corrected chi connectivity index (χ3v) is 2.26. The fourth-order valence-electron chi connectivity index (χ4n) is 2.36. The first-order valence-corrected chi connectivity index (χ1v) is 5.28. The Kier molecular flexibility index (Phi) is 4.22. The molecule has 0 radical (unpaired) electrons. The van der Waals surface area contributed by atoms with E-state index in [1.165, 1.54) is 18.4 Å². The summed E-state index contributed by atoms with van der Waals surface area (Å²) in [6.07, 6.45) is 4.73. The highest BCUT2D eigenvalue weighted by atomic mass is 14.3. The van der Waals surface area contributed by atoms with E-state index in [1.807, 2.05) is 0 Å². The molecule has 13 heavy (non-hydrogen) atoms. The average Bonchev–Trinajstić information content (AvgIpc) is 1.80. The molecular formula is C13H26. The number of hydrogen-bond donors (Lipinski definition) is 0. The Hall–Kier alpha value is -0.260. The van der Waals surface area contributed by atoms with Crippen LogP contribution in [0.2, 0.25) is 0 Å². The summed E-state index contributed by atoms with van der Waals surface area (Å²) in [5, 5.41) is 0. The zero-order valence-corrected chi connectivity index (χ0v) is 10.5. The zero-order chi connectivity index (χ0) is 10.7. The third kappa shape index (κ3) is 6.86. The van der Waals surface area contributed by atoms with E-state index in [9.17, 15) is 0 Å². The van der Waals surface area contributed by atoms with Crippen LogP contribution < -0.4 is 0 Å². The summed E-state index contributed by atoms with van der Waals surface area (Å²) in [5.41, 5.74) is 2.39. The second kappa shape index (κ2) is 4.30. The lowest BCUT2D eigenvalue weighted by Gasteiger charge is -2.32. The summed E-state index contributed by atoms with van der Waals surface area (Å²) in [7, 11) is 0. The van der Waals surface area contributed by atoms with Crippen LogP contribution in [0, 0.1) is 10.8 Å². The first-order chi connectivity index (χ1) is 5.66. The van der Waals surface area contributed by atoms with E-state index in [-0.39, 0.29) is 0 Å². The summed E-state index contributed by atoms with van der Waals surface area (Å²) in [5.74, 6) is 0. The van der Waals surface area contributed by atoms with E-state index in [0.29, 0.717) is 10.8 Å². The van der Waals surface area contributed by atoms with Crippen molar-refractivity contribution < 1.29 is 0 Å². The summed E-state index contributed by atoms with van der Waals surface area (Å²) in [6, 6.07) is 0. The highest BCUT2D eigenvalue weighted by Crippen LogP contribution is 2.37. The van der Waals surface area contributed by atoms with Crippen LogP contribution in [0.5, 0.6) is 0 Å². The van der Waals surface area contributed by atoms with Gasteiger partial charge in [0.2, 0.25) is 0 Å². The minimum absolute atomic E-state index is 0.439. The van der Waals surface area contributed by atoms with Gasteiger partial charge in [-0.05, 0) is 37.5 Å². The van der Waals surface area contributed by atoms with Gasteiger partial charge in [0.25, 0.3) is 0 Å². The smallest absolute Gasteiger partial charge is 0.0271 e. The third-order valence-electron chi connectivity index (χ3n) is 2.26. The summed E-state index contributed by atoms with van der Waals surface area (Å²) < 4.78 is 0. The molecule has 0 saturated carbocycles. The second-order valence-electron chi connectivity index (χ2n) is 6.21. The molecule has 0 rings (SSSR count). The average molecular weight is 182 g/mol. The lowest BCUT2D eigenvalue weighted by Crippen LogP contribution is -2.20. The predicted octanol–water partition coefficient (Wildman–Crippen LogP) is 4.81. The van der Waals surface area contributed by atoms with Crippen molar-refractivity contribution in [3.05, 3.63) is 11.6 Å². The van der Waals surface area contributed by atoms with Crippen LogP contribution in [0.4, 0.5) is 0 Å². The monoisotopic (exact) mass is 182 g/mol. The van der Waals surface area contributed by atoms with E-state index in [4.69, 9.17) is 0 Å². The maximum absolute atomic E-state index is 2.37. The molecule has 0 aromatic rings. The van der Waals surface area contributed by atoms with Crippen molar-refractivity contribution in [2.24, 2.45) is 10.8 Å². The summed E-state index contributed by atoms with van der Waals surface area (Å²) >= 11 is 0. The van der Waals surface area contributed by atoms with Gasteiger partial charge >= 0.3 is 0 Å². The molecule has 0 fully saturated rings. The van der Waals surface area contributed by atoms with Gasteiger partial charge in [0, 0.05) is 0 Å². The van der Waals surface area contributed by atoms with Crippen molar-refractivity contribution in [2.75, 3.05) is 0 Å². The molecule has 0 aliphatic carbocycles. The van der Waals surface area contributed by atoms with Crippen LogP contribution in [0.3, 0.4) is 0 Å². The topological polar surface area (TPSA) is 0 Å². The molecule has 0 unspecified atom stereocenters. The Balaban J connectivity index is 4.25. The largest absolute Gasteiger partial charge is 0.0887 e. The van der Waals surface area contributed by atoms with Crippen molar-refractivity contribution in [1.29, 1.82) is 0 Å². The molecule has 78 valence electrons. The zero-order valence-electron chi connectivity index (χ0n) is 10.5. The van der Waals surface area contributed by atoms with Crippen molar-refractivity contribution in [1.82, 2.24) is 0 Å². The van der Waals surface area contributed by atoms with Crippen LogP contribution in [0.1, 0.15) is 61.3 Å². The fourth-order valence-corrected chi connectivity index (χ4v) is 2.36. The van der Waals surface area contributed by atoms with Crippen molar-refractivity contribution in [2.45, 2.75) is 61.3 Å². The molecule has 0 aliphatic heterocycles. The Morgan fingerprint density at radius 2 is 1.54 bits per heavy atom. The minimum atomic E-state index is 0.439. The van der Waals surface area contributed by atoms with Gasteiger partial charge in [0.1, 0.15) is 0 Å².